The van der Waals surface area contributed by atoms with E-state index in [-0.39, 0.29) is 8.31 Å². The predicted molar refractivity (Wildman–Crippen MR) is 44.2 cm³/mol. The van der Waals surface area contributed by atoms with Crippen LogP contribution in [-0.2, 0) is 0 Å². The van der Waals surface area contributed by atoms with Gasteiger partial charge in [-0.3, -0.25) is 0 Å². The molecular weight excluding hydrogens is 140 g/mol. The molecule has 0 aromatic carbocycles. The highest BCUT2D eigenvalue weighted by Gasteiger charge is 2.16. The zero-order valence-corrected chi connectivity index (χ0v) is 8.11. The van der Waals surface area contributed by atoms with Crippen LogP contribution in [0, 0.1) is 0 Å². The van der Waals surface area contributed by atoms with Crippen molar-refractivity contribution >= 4 is 18.1 Å². The van der Waals surface area contributed by atoms with Gasteiger partial charge in [0.2, 0.25) is 0 Å². The van der Waals surface area contributed by atoms with Gasteiger partial charge in [0.25, 0.3) is 0 Å². The number of rotatable bonds is 1. The second-order valence-electron chi connectivity index (χ2n) is 3.02. The van der Waals surface area contributed by atoms with Crippen molar-refractivity contribution in [2.75, 3.05) is 0 Å². The largest absolute Gasteiger partial charge is 0.0735 e. The molecule has 0 saturated heterocycles. The molecule has 50 valence electrons. The third-order valence-corrected chi connectivity index (χ3v) is 5.24. The van der Waals surface area contributed by atoms with Crippen LogP contribution in [0.15, 0.2) is 0 Å². The number of hydrogen-bond acceptors (Lipinski definition) is 0. The Morgan fingerprint density at radius 1 is 1.22 bits per heavy atom. The standard InChI is InChI=1S/C7H14Si2/c1-9(8)7-5-3-2-4-6-7/h7H,2-6H2,1H3. The molecule has 0 aromatic rings. The lowest BCUT2D eigenvalue weighted by Gasteiger charge is -2.23. The van der Waals surface area contributed by atoms with Gasteiger partial charge in [0.15, 0.2) is 0 Å². The van der Waals surface area contributed by atoms with E-state index in [0.717, 1.165) is 5.54 Å². The van der Waals surface area contributed by atoms with E-state index in [1.807, 2.05) is 0 Å². The van der Waals surface area contributed by atoms with Gasteiger partial charge in [0.05, 0.1) is 0 Å². The van der Waals surface area contributed by atoms with Crippen molar-refractivity contribution in [3.8, 4) is 0 Å². The molecule has 4 radical (unpaired) electrons. The zero-order valence-electron chi connectivity index (χ0n) is 6.11. The molecule has 0 N–H and O–H groups in total. The van der Waals surface area contributed by atoms with E-state index in [0.29, 0.717) is 0 Å². The molecule has 0 heterocycles. The van der Waals surface area contributed by atoms with Gasteiger partial charge in [-0.2, -0.15) is 0 Å². The third-order valence-electron chi connectivity index (χ3n) is 2.22. The maximum Gasteiger partial charge on any atom is 0.0304 e. The van der Waals surface area contributed by atoms with E-state index in [1.165, 1.54) is 32.1 Å². The topological polar surface area (TPSA) is 0 Å². The Labute approximate surface area is 62.9 Å². The van der Waals surface area contributed by atoms with Crippen molar-refractivity contribution in [1.29, 1.82) is 0 Å². The maximum absolute atomic E-state index is 3.79. The van der Waals surface area contributed by atoms with Gasteiger partial charge >= 0.3 is 0 Å². The fourth-order valence-corrected chi connectivity index (χ4v) is 3.68. The monoisotopic (exact) mass is 154 g/mol. The molecule has 0 aliphatic heterocycles. The average molecular weight is 154 g/mol. The van der Waals surface area contributed by atoms with E-state index in [2.05, 4.69) is 16.3 Å². The van der Waals surface area contributed by atoms with Gasteiger partial charge in [-0.15, -0.1) is 0 Å². The minimum Gasteiger partial charge on any atom is -0.0735 e. The molecule has 0 atom stereocenters. The van der Waals surface area contributed by atoms with Crippen molar-refractivity contribution in [3.63, 3.8) is 0 Å². The average Bonchev–Trinajstić information content (AvgIpc) is 1.90. The summed E-state index contributed by atoms with van der Waals surface area (Å²) < 4.78 is 0. The van der Waals surface area contributed by atoms with Crippen molar-refractivity contribution < 1.29 is 0 Å². The van der Waals surface area contributed by atoms with E-state index >= 15 is 0 Å². The lowest BCUT2D eigenvalue weighted by atomic mass is 10.0. The van der Waals surface area contributed by atoms with Crippen LogP contribution in [0.1, 0.15) is 32.1 Å². The zero-order chi connectivity index (χ0) is 6.69. The predicted octanol–water partition coefficient (Wildman–Crippen LogP) is 2.11. The van der Waals surface area contributed by atoms with Crippen molar-refractivity contribution in [3.05, 3.63) is 0 Å². The Morgan fingerprint density at radius 3 is 2.11 bits per heavy atom. The molecule has 1 rings (SSSR count). The lowest BCUT2D eigenvalue weighted by molar-refractivity contribution is 0.500. The summed E-state index contributed by atoms with van der Waals surface area (Å²) >= 11 is 0. The molecule has 1 saturated carbocycles. The summed E-state index contributed by atoms with van der Waals surface area (Å²) in [5, 5.41) is 0. The molecule has 0 nitrogen and oxygen atoms in total. The lowest BCUT2D eigenvalue weighted by Crippen LogP contribution is -2.19. The van der Waals surface area contributed by atoms with Gasteiger partial charge in [0, 0.05) is 18.1 Å². The van der Waals surface area contributed by atoms with Crippen molar-refractivity contribution in [1.82, 2.24) is 0 Å². The van der Waals surface area contributed by atoms with E-state index in [9.17, 15) is 0 Å². The Bertz CT molecular complexity index is 75.0. The molecule has 0 bridgehead atoms. The molecule has 1 fully saturated rings. The maximum atomic E-state index is 3.79. The minimum absolute atomic E-state index is 0.130. The Balaban J connectivity index is 2.23. The molecule has 0 amide bonds. The quantitative estimate of drug-likeness (QED) is 0.508. The van der Waals surface area contributed by atoms with Gasteiger partial charge in [-0.05, 0) is 0 Å². The van der Waals surface area contributed by atoms with E-state index < -0.39 is 0 Å². The summed E-state index contributed by atoms with van der Waals surface area (Å²) in [5.74, 6) is 0. The van der Waals surface area contributed by atoms with Gasteiger partial charge in [0.1, 0.15) is 0 Å². The summed E-state index contributed by atoms with van der Waals surface area (Å²) in [4.78, 5) is 0. The second-order valence-corrected chi connectivity index (χ2v) is 7.57. The summed E-state index contributed by atoms with van der Waals surface area (Å²) in [6, 6.07) is 0. The highest BCUT2D eigenvalue weighted by atomic mass is 29.1. The van der Waals surface area contributed by atoms with Crippen LogP contribution in [0.2, 0.25) is 12.1 Å². The molecule has 2 heteroatoms. The van der Waals surface area contributed by atoms with Gasteiger partial charge in [-0.1, -0.05) is 44.2 Å². The third kappa shape index (κ3) is 2.26. The van der Waals surface area contributed by atoms with Crippen molar-refractivity contribution in [2.24, 2.45) is 0 Å². The molecule has 1 aliphatic rings. The first-order valence-corrected chi connectivity index (χ1v) is 7.43. The smallest absolute Gasteiger partial charge is 0.0304 e. The Morgan fingerprint density at radius 2 is 1.78 bits per heavy atom. The highest BCUT2D eigenvalue weighted by Crippen LogP contribution is 2.29. The normalized spacial score (nSPS) is 23.0. The molecule has 0 aromatic heterocycles. The van der Waals surface area contributed by atoms with E-state index in [1.54, 1.807) is 0 Å². The van der Waals surface area contributed by atoms with Crippen LogP contribution in [0.4, 0.5) is 0 Å². The van der Waals surface area contributed by atoms with E-state index in [4.69, 9.17) is 0 Å². The van der Waals surface area contributed by atoms with Crippen LogP contribution in [0.5, 0.6) is 0 Å². The SMILES string of the molecule is C[Si]([Si])C1CCCCC1. The molecule has 0 unspecified atom stereocenters. The first-order chi connectivity index (χ1) is 4.30. The van der Waals surface area contributed by atoms with Crippen LogP contribution in [0.25, 0.3) is 0 Å². The fourth-order valence-electron chi connectivity index (χ4n) is 1.54. The highest BCUT2D eigenvalue weighted by molar-refractivity contribution is 7.03. The molecule has 1 aliphatic carbocycles. The Kier molecular flexibility index (Phi) is 2.99. The molecular formula is C7H14Si2. The van der Waals surface area contributed by atoms with Crippen LogP contribution >= 0.6 is 0 Å². The second kappa shape index (κ2) is 3.57. The summed E-state index contributed by atoms with van der Waals surface area (Å²) in [6.07, 6.45) is 7.44. The summed E-state index contributed by atoms with van der Waals surface area (Å²) in [7, 11) is 3.66. The fraction of sp³-hybridized carbons (Fsp3) is 1.00. The van der Waals surface area contributed by atoms with Crippen LogP contribution in [-0.4, -0.2) is 18.1 Å². The molecule has 0 spiro atoms. The van der Waals surface area contributed by atoms with Crippen LogP contribution in [0.3, 0.4) is 0 Å². The van der Waals surface area contributed by atoms with Crippen molar-refractivity contribution in [2.45, 2.75) is 44.2 Å². The first-order valence-electron chi connectivity index (χ1n) is 3.86. The first kappa shape index (κ1) is 7.54. The summed E-state index contributed by atoms with van der Waals surface area (Å²) in [6.45, 7) is 2.37. The summed E-state index contributed by atoms with van der Waals surface area (Å²) in [5.41, 5.74) is 1.07. The van der Waals surface area contributed by atoms with Gasteiger partial charge < -0.3 is 0 Å². The minimum atomic E-state index is -0.130. The Hall–Kier alpha value is 0.434. The van der Waals surface area contributed by atoms with Crippen LogP contribution < -0.4 is 0 Å². The molecule has 9 heavy (non-hydrogen) atoms. The van der Waals surface area contributed by atoms with Gasteiger partial charge in [-0.25, -0.2) is 0 Å². The number of hydrogen-bond donors (Lipinski definition) is 0.